The van der Waals surface area contributed by atoms with Gasteiger partial charge >= 0.3 is 5.97 Å². The Morgan fingerprint density at radius 3 is 2.38 bits per heavy atom. The maximum atomic E-state index is 12.4. The van der Waals surface area contributed by atoms with Crippen molar-refractivity contribution < 1.29 is 9.53 Å². The smallest absolute Gasteiger partial charge is 0.307 e. The number of piperidine rings is 1. The number of hydrogen-bond acceptors (Lipinski definition) is 4. The number of nitrogens with one attached hydrogen (secondary N) is 1. The van der Waals surface area contributed by atoms with E-state index in [1.165, 1.54) is 0 Å². The monoisotopic (exact) mass is 305 g/mol. The molecule has 0 atom stereocenters. The second-order valence-corrected chi connectivity index (χ2v) is 6.74. The van der Waals surface area contributed by atoms with Crippen LogP contribution in [0.15, 0.2) is 30.3 Å². The van der Waals surface area contributed by atoms with Crippen LogP contribution in [0.5, 0.6) is 0 Å². The predicted molar refractivity (Wildman–Crippen MR) is 86.5 cm³/mol. The van der Waals surface area contributed by atoms with Crippen LogP contribution >= 0.6 is 12.6 Å². The van der Waals surface area contributed by atoms with E-state index in [1.807, 2.05) is 18.2 Å². The first-order chi connectivity index (χ1) is 10.2. The van der Waals surface area contributed by atoms with Gasteiger partial charge in [0, 0.05) is 12.8 Å². The van der Waals surface area contributed by atoms with Gasteiger partial charge in [-0.05, 0) is 42.7 Å². The first-order valence-corrected chi connectivity index (χ1v) is 8.40. The molecule has 1 N–H and O–H groups in total. The van der Waals surface area contributed by atoms with E-state index in [4.69, 9.17) is 4.74 Å². The number of thiol groups is 1. The molecule has 0 amide bonds. The van der Waals surface area contributed by atoms with Crippen LogP contribution < -0.4 is 5.32 Å². The zero-order chi connectivity index (χ0) is 14.8. The fourth-order valence-corrected chi connectivity index (χ4v) is 3.58. The molecule has 1 aliphatic carbocycles. The first kappa shape index (κ1) is 14.9. The molecule has 1 aromatic carbocycles. The van der Waals surface area contributed by atoms with Crippen LogP contribution in [-0.4, -0.2) is 24.8 Å². The Balaban J connectivity index is 1.75. The van der Waals surface area contributed by atoms with Crippen molar-refractivity contribution in [3.8, 4) is 0 Å². The van der Waals surface area contributed by atoms with Gasteiger partial charge in [0.15, 0.2) is 0 Å². The van der Waals surface area contributed by atoms with Gasteiger partial charge in [0.2, 0.25) is 0 Å². The standard InChI is InChI=1S/C17H23NO2S/c19-15(12-16(13-21)6-7-16)20-17(8-10-18-11-9-17)14-4-2-1-3-5-14/h1-5,18,21H,6-13H2. The number of esters is 1. The highest BCUT2D eigenvalue weighted by atomic mass is 32.1. The lowest BCUT2D eigenvalue weighted by Gasteiger charge is -2.38. The van der Waals surface area contributed by atoms with Crippen molar-refractivity contribution in [1.82, 2.24) is 5.32 Å². The quantitative estimate of drug-likeness (QED) is 0.649. The van der Waals surface area contributed by atoms with Gasteiger partial charge in [0.25, 0.3) is 0 Å². The molecule has 1 saturated heterocycles. The molecule has 0 bridgehead atoms. The average Bonchev–Trinajstić information content (AvgIpc) is 3.29. The van der Waals surface area contributed by atoms with Crippen molar-refractivity contribution in [3.63, 3.8) is 0 Å². The Kier molecular flexibility index (Phi) is 4.27. The third-order valence-electron chi connectivity index (χ3n) is 4.83. The van der Waals surface area contributed by atoms with E-state index < -0.39 is 5.60 Å². The predicted octanol–water partition coefficient (Wildman–Crippen LogP) is 2.91. The topological polar surface area (TPSA) is 38.3 Å². The number of carbonyl (C=O) groups is 1. The lowest BCUT2D eigenvalue weighted by molar-refractivity contribution is -0.165. The SMILES string of the molecule is O=C(CC1(CS)CC1)OC1(c2ccccc2)CCNCC1. The zero-order valence-electron chi connectivity index (χ0n) is 12.3. The zero-order valence-corrected chi connectivity index (χ0v) is 13.2. The van der Waals surface area contributed by atoms with E-state index in [9.17, 15) is 4.79 Å². The highest BCUT2D eigenvalue weighted by Gasteiger charge is 2.45. The Morgan fingerprint density at radius 2 is 1.81 bits per heavy atom. The van der Waals surface area contributed by atoms with Crippen LogP contribution in [0, 0.1) is 5.41 Å². The van der Waals surface area contributed by atoms with Gasteiger partial charge in [-0.15, -0.1) is 0 Å². The largest absolute Gasteiger partial charge is 0.454 e. The molecular formula is C17H23NO2S. The summed E-state index contributed by atoms with van der Waals surface area (Å²) in [6.45, 7) is 1.78. The van der Waals surface area contributed by atoms with E-state index in [2.05, 4.69) is 30.1 Å². The molecule has 3 nitrogen and oxygen atoms in total. The van der Waals surface area contributed by atoms with E-state index in [0.29, 0.717) is 6.42 Å². The molecule has 1 aliphatic heterocycles. The Labute approximate surface area is 131 Å². The summed E-state index contributed by atoms with van der Waals surface area (Å²) >= 11 is 4.38. The van der Waals surface area contributed by atoms with E-state index in [0.717, 1.165) is 50.1 Å². The number of benzene rings is 1. The number of ether oxygens (including phenoxy) is 1. The summed E-state index contributed by atoms with van der Waals surface area (Å²) in [6.07, 6.45) is 4.41. The van der Waals surface area contributed by atoms with Crippen molar-refractivity contribution >= 4 is 18.6 Å². The van der Waals surface area contributed by atoms with E-state index in [1.54, 1.807) is 0 Å². The van der Waals surface area contributed by atoms with Gasteiger partial charge in [-0.1, -0.05) is 30.3 Å². The van der Waals surface area contributed by atoms with Gasteiger partial charge in [-0.2, -0.15) is 12.6 Å². The Hall–Kier alpha value is -1.00. The van der Waals surface area contributed by atoms with Crippen molar-refractivity contribution in [2.75, 3.05) is 18.8 Å². The Bertz CT molecular complexity index is 493. The molecule has 1 aromatic rings. The van der Waals surface area contributed by atoms with Gasteiger partial charge < -0.3 is 10.1 Å². The normalized spacial score (nSPS) is 22.5. The lowest BCUT2D eigenvalue weighted by atomic mass is 9.84. The average molecular weight is 305 g/mol. The van der Waals surface area contributed by atoms with Crippen molar-refractivity contribution in [2.24, 2.45) is 5.41 Å². The summed E-state index contributed by atoms with van der Waals surface area (Å²) in [5, 5.41) is 3.35. The van der Waals surface area contributed by atoms with Crippen LogP contribution in [-0.2, 0) is 15.1 Å². The first-order valence-electron chi connectivity index (χ1n) is 7.77. The maximum Gasteiger partial charge on any atom is 0.307 e. The molecule has 0 radical (unpaired) electrons. The van der Waals surface area contributed by atoms with Gasteiger partial charge in [0.05, 0.1) is 6.42 Å². The second-order valence-electron chi connectivity index (χ2n) is 6.42. The fourth-order valence-electron chi connectivity index (χ4n) is 3.15. The second kappa shape index (κ2) is 6.01. The molecule has 1 heterocycles. The summed E-state index contributed by atoms with van der Waals surface area (Å²) in [7, 11) is 0. The van der Waals surface area contributed by atoms with Gasteiger partial charge in [-0.3, -0.25) is 4.79 Å². The molecule has 0 aromatic heterocycles. The number of hydrogen-bond donors (Lipinski definition) is 2. The fraction of sp³-hybridized carbons (Fsp3) is 0.588. The molecule has 0 unspecified atom stereocenters. The molecule has 114 valence electrons. The van der Waals surface area contributed by atoms with Crippen molar-refractivity contribution in [1.29, 1.82) is 0 Å². The molecule has 3 rings (SSSR count). The summed E-state index contributed by atoms with van der Waals surface area (Å²) in [5.41, 5.74) is 0.789. The molecular weight excluding hydrogens is 282 g/mol. The minimum Gasteiger partial charge on any atom is -0.454 e. The summed E-state index contributed by atoms with van der Waals surface area (Å²) < 4.78 is 6.03. The molecule has 2 fully saturated rings. The number of carbonyl (C=O) groups excluding carboxylic acids is 1. The van der Waals surface area contributed by atoms with Crippen LogP contribution in [0.25, 0.3) is 0 Å². The van der Waals surface area contributed by atoms with Gasteiger partial charge in [0.1, 0.15) is 5.60 Å². The maximum absolute atomic E-state index is 12.4. The van der Waals surface area contributed by atoms with Crippen LogP contribution in [0.3, 0.4) is 0 Å². The van der Waals surface area contributed by atoms with Gasteiger partial charge in [-0.25, -0.2) is 0 Å². The molecule has 21 heavy (non-hydrogen) atoms. The third kappa shape index (κ3) is 3.27. The minimum absolute atomic E-state index is 0.0627. The highest BCUT2D eigenvalue weighted by molar-refractivity contribution is 7.80. The molecule has 4 heteroatoms. The lowest BCUT2D eigenvalue weighted by Crippen LogP contribution is -2.43. The summed E-state index contributed by atoms with van der Waals surface area (Å²) in [6, 6.07) is 10.2. The summed E-state index contributed by atoms with van der Waals surface area (Å²) in [5.74, 6) is 0.717. The van der Waals surface area contributed by atoms with E-state index in [-0.39, 0.29) is 11.4 Å². The third-order valence-corrected chi connectivity index (χ3v) is 5.50. The molecule has 0 spiro atoms. The van der Waals surface area contributed by atoms with Crippen molar-refractivity contribution in [2.45, 2.75) is 37.7 Å². The molecule has 2 aliphatic rings. The Morgan fingerprint density at radius 1 is 1.14 bits per heavy atom. The highest BCUT2D eigenvalue weighted by Crippen LogP contribution is 2.50. The molecule has 1 saturated carbocycles. The van der Waals surface area contributed by atoms with Crippen LogP contribution in [0.4, 0.5) is 0 Å². The van der Waals surface area contributed by atoms with Crippen LogP contribution in [0.2, 0.25) is 0 Å². The minimum atomic E-state index is -0.448. The summed E-state index contributed by atoms with van der Waals surface area (Å²) in [4.78, 5) is 12.4. The van der Waals surface area contributed by atoms with E-state index >= 15 is 0 Å². The van der Waals surface area contributed by atoms with Crippen LogP contribution in [0.1, 0.15) is 37.7 Å². The van der Waals surface area contributed by atoms with Crippen molar-refractivity contribution in [3.05, 3.63) is 35.9 Å². The number of rotatable bonds is 5.